The number of hydrogen-bond donors (Lipinski definition) is 0. The van der Waals surface area contributed by atoms with Crippen molar-refractivity contribution in [2.24, 2.45) is 5.92 Å². The van der Waals surface area contributed by atoms with E-state index in [0.717, 1.165) is 54.3 Å². The maximum Gasteiger partial charge on any atom is 0.224 e. The molecular weight excluding hydrogens is 354 g/mol. The summed E-state index contributed by atoms with van der Waals surface area (Å²) in [4.78, 5) is 23.3. The molecule has 1 aliphatic heterocycles. The fourth-order valence-corrected chi connectivity index (χ4v) is 3.90. The molecular formula is C21H25N5O2. The molecule has 28 heavy (non-hydrogen) atoms. The lowest BCUT2D eigenvalue weighted by Gasteiger charge is -2.17. The average molecular weight is 379 g/mol. The quantitative estimate of drug-likeness (QED) is 0.658. The molecule has 1 aliphatic rings. The Bertz CT molecular complexity index is 928. The minimum Gasteiger partial charge on any atom is -0.361 e. The summed E-state index contributed by atoms with van der Waals surface area (Å²) in [6, 6.07) is 6.09. The molecule has 1 atom stereocenters. The van der Waals surface area contributed by atoms with Crippen LogP contribution in [0.5, 0.6) is 0 Å². The van der Waals surface area contributed by atoms with E-state index in [-0.39, 0.29) is 5.91 Å². The van der Waals surface area contributed by atoms with Gasteiger partial charge in [-0.15, -0.1) is 0 Å². The summed E-state index contributed by atoms with van der Waals surface area (Å²) in [5.74, 6) is 1.45. The highest BCUT2D eigenvalue weighted by Crippen LogP contribution is 2.26. The molecule has 0 saturated carbocycles. The first-order valence-electron chi connectivity index (χ1n) is 9.73. The number of carbonyl (C=O) groups is 1. The van der Waals surface area contributed by atoms with Crippen molar-refractivity contribution in [3.8, 4) is 11.3 Å². The summed E-state index contributed by atoms with van der Waals surface area (Å²) in [6.45, 7) is 6.16. The predicted molar refractivity (Wildman–Crippen MR) is 104 cm³/mol. The highest BCUT2D eigenvalue weighted by atomic mass is 16.5. The van der Waals surface area contributed by atoms with Gasteiger partial charge in [0.25, 0.3) is 0 Å². The van der Waals surface area contributed by atoms with Crippen LogP contribution >= 0.6 is 0 Å². The van der Waals surface area contributed by atoms with Crippen molar-refractivity contribution in [2.45, 2.75) is 39.7 Å². The molecule has 7 nitrogen and oxygen atoms in total. The van der Waals surface area contributed by atoms with Gasteiger partial charge in [0.05, 0.1) is 23.3 Å². The van der Waals surface area contributed by atoms with E-state index in [4.69, 9.17) is 9.51 Å². The van der Waals surface area contributed by atoms with E-state index in [1.54, 1.807) is 12.5 Å². The Kier molecular flexibility index (Phi) is 5.23. The van der Waals surface area contributed by atoms with E-state index in [2.05, 4.69) is 16.2 Å². The molecule has 0 radical (unpaired) electrons. The number of aryl methyl sites for hydroxylation is 3. The summed E-state index contributed by atoms with van der Waals surface area (Å²) in [5.41, 5.74) is 3.79. The third kappa shape index (κ3) is 3.98. The highest BCUT2D eigenvalue weighted by Gasteiger charge is 2.26. The second-order valence-corrected chi connectivity index (χ2v) is 7.46. The van der Waals surface area contributed by atoms with E-state index >= 15 is 0 Å². The smallest absolute Gasteiger partial charge is 0.224 e. The van der Waals surface area contributed by atoms with Gasteiger partial charge in [-0.2, -0.15) is 0 Å². The van der Waals surface area contributed by atoms with Crippen LogP contribution in [0, 0.1) is 19.8 Å². The van der Waals surface area contributed by atoms with E-state index in [1.165, 1.54) is 0 Å². The molecule has 0 unspecified atom stereocenters. The zero-order valence-electron chi connectivity index (χ0n) is 16.3. The van der Waals surface area contributed by atoms with Crippen LogP contribution < -0.4 is 0 Å². The van der Waals surface area contributed by atoms with Gasteiger partial charge < -0.3 is 14.0 Å². The molecule has 0 bridgehead atoms. The standard InChI is InChI=1S/C21H25N5O2/c1-15-21(16(2)28-24-15)19-5-3-4-18(23-19)12-17-6-10-26(13-17)20(27)7-9-25-11-8-22-14-25/h3-5,8,11,14,17H,6-7,9-10,12-13H2,1-2H3/t17-/m1/s1. The minimum absolute atomic E-state index is 0.216. The Labute approximate surface area is 164 Å². The normalized spacial score (nSPS) is 16.6. The fourth-order valence-electron chi connectivity index (χ4n) is 3.90. The van der Waals surface area contributed by atoms with Crippen LogP contribution in [0.1, 0.15) is 30.0 Å². The number of hydrogen-bond acceptors (Lipinski definition) is 5. The van der Waals surface area contributed by atoms with Crippen molar-refractivity contribution in [3.63, 3.8) is 0 Å². The third-order valence-corrected chi connectivity index (χ3v) is 5.38. The zero-order valence-corrected chi connectivity index (χ0v) is 16.3. The van der Waals surface area contributed by atoms with Gasteiger partial charge in [0.15, 0.2) is 0 Å². The van der Waals surface area contributed by atoms with Gasteiger partial charge in [0.2, 0.25) is 5.91 Å². The summed E-state index contributed by atoms with van der Waals surface area (Å²) in [5, 5.41) is 4.03. The number of nitrogens with zero attached hydrogens (tertiary/aromatic N) is 5. The largest absolute Gasteiger partial charge is 0.361 e. The van der Waals surface area contributed by atoms with E-state index < -0.39 is 0 Å². The molecule has 3 aromatic rings. The number of amides is 1. The van der Waals surface area contributed by atoms with Crippen LogP contribution in [0.4, 0.5) is 0 Å². The minimum atomic E-state index is 0.216. The molecule has 0 N–H and O–H groups in total. The van der Waals surface area contributed by atoms with Gasteiger partial charge in [-0.25, -0.2) is 4.98 Å². The summed E-state index contributed by atoms with van der Waals surface area (Å²) in [6.07, 6.45) is 7.79. The first-order chi connectivity index (χ1) is 13.6. The number of pyridine rings is 1. The zero-order chi connectivity index (χ0) is 19.5. The topological polar surface area (TPSA) is 77.0 Å². The Morgan fingerprint density at radius 1 is 1.32 bits per heavy atom. The molecule has 3 aromatic heterocycles. The second-order valence-electron chi connectivity index (χ2n) is 7.46. The van der Waals surface area contributed by atoms with Crippen LogP contribution in [-0.2, 0) is 17.8 Å². The average Bonchev–Trinajstić information content (AvgIpc) is 3.42. The molecule has 7 heteroatoms. The van der Waals surface area contributed by atoms with Crippen LogP contribution in [0.25, 0.3) is 11.3 Å². The lowest BCUT2D eigenvalue weighted by atomic mass is 10.0. The Morgan fingerprint density at radius 2 is 2.21 bits per heavy atom. The number of aromatic nitrogens is 4. The van der Waals surface area contributed by atoms with Crippen LogP contribution in [0.15, 0.2) is 41.4 Å². The summed E-state index contributed by atoms with van der Waals surface area (Å²) in [7, 11) is 0. The molecule has 1 saturated heterocycles. The molecule has 0 spiro atoms. The highest BCUT2D eigenvalue weighted by molar-refractivity contribution is 5.76. The summed E-state index contributed by atoms with van der Waals surface area (Å²) >= 11 is 0. The van der Waals surface area contributed by atoms with Crippen molar-refractivity contribution in [1.29, 1.82) is 0 Å². The predicted octanol–water partition coefficient (Wildman–Crippen LogP) is 3.03. The van der Waals surface area contributed by atoms with Crippen molar-refractivity contribution >= 4 is 5.91 Å². The van der Waals surface area contributed by atoms with Crippen molar-refractivity contribution in [3.05, 3.63) is 54.1 Å². The number of carbonyl (C=O) groups excluding carboxylic acids is 1. The third-order valence-electron chi connectivity index (χ3n) is 5.38. The molecule has 146 valence electrons. The van der Waals surface area contributed by atoms with Gasteiger partial charge in [0, 0.05) is 44.1 Å². The van der Waals surface area contributed by atoms with E-state index in [0.29, 0.717) is 18.9 Å². The number of rotatable bonds is 6. The maximum atomic E-state index is 12.5. The molecule has 1 fully saturated rings. The molecule has 1 amide bonds. The second kappa shape index (κ2) is 7.96. The van der Waals surface area contributed by atoms with Gasteiger partial charge in [-0.05, 0) is 44.7 Å². The number of imidazole rings is 1. The Hall–Kier alpha value is -2.96. The number of likely N-dealkylation sites (tertiary alicyclic amines) is 1. The SMILES string of the molecule is Cc1noc(C)c1-c1cccc(C[C@H]2CCN(C(=O)CCn3ccnc3)C2)n1. The van der Waals surface area contributed by atoms with Crippen LogP contribution in [0.3, 0.4) is 0 Å². The van der Waals surface area contributed by atoms with Gasteiger partial charge in [-0.1, -0.05) is 11.2 Å². The molecule has 0 aromatic carbocycles. The van der Waals surface area contributed by atoms with Crippen molar-refractivity contribution in [1.82, 2.24) is 24.6 Å². The molecule has 0 aliphatic carbocycles. The maximum absolute atomic E-state index is 12.5. The van der Waals surface area contributed by atoms with Crippen LogP contribution in [-0.4, -0.2) is 43.6 Å². The van der Waals surface area contributed by atoms with Gasteiger partial charge in [0.1, 0.15) is 5.76 Å². The van der Waals surface area contributed by atoms with Crippen LogP contribution in [0.2, 0.25) is 0 Å². The van der Waals surface area contributed by atoms with Gasteiger partial charge in [-0.3, -0.25) is 9.78 Å². The first-order valence-corrected chi connectivity index (χ1v) is 9.73. The Morgan fingerprint density at radius 3 is 2.96 bits per heavy atom. The monoisotopic (exact) mass is 379 g/mol. The van der Waals surface area contributed by atoms with Gasteiger partial charge >= 0.3 is 0 Å². The van der Waals surface area contributed by atoms with Crippen molar-refractivity contribution < 1.29 is 9.32 Å². The lowest BCUT2D eigenvalue weighted by Crippen LogP contribution is -2.29. The van der Waals surface area contributed by atoms with E-state index in [9.17, 15) is 4.79 Å². The fraction of sp³-hybridized carbons (Fsp3) is 0.429. The Balaban J connectivity index is 1.35. The molecule has 4 rings (SSSR count). The lowest BCUT2D eigenvalue weighted by molar-refractivity contribution is -0.130. The first kappa shape index (κ1) is 18.4. The van der Waals surface area contributed by atoms with E-state index in [1.807, 2.05) is 41.6 Å². The van der Waals surface area contributed by atoms with Crippen molar-refractivity contribution in [2.75, 3.05) is 13.1 Å². The molecule has 4 heterocycles. The summed E-state index contributed by atoms with van der Waals surface area (Å²) < 4.78 is 7.21.